The van der Waals surface area contributed by atoms with Gasteiger partial charge in [0.1, 0.15) is 0 Å². The zero-order valence-electron chi connectivity index (χ0n) is 7.41. The molecule has 0 heterocycles. The molecule has 68 valence electrons. The molecule has 13 heavy (non-hydrogen) atoms. The highest BCUT2D eigenvalue weighted by molar-refractivity contribution is 9.10. The van der Waals surface area contributed by atoms with Crippen LogP contribution >= 0.6 is 15.9 Å². The van der Waals surface area contributed by atoms with Gasteiger partial charge in [-0.2, -0.15) is 0 Å². The van der Waals surface area contributed by atoms with E-state index in [1.54, 1.807) is 6.08 Å². The second kappa shape index (κ2) is 4.97. The Kier molecular flexibility index (Phi) is 3.90. The summed E-state index contributed by atoms with van der Waals surface area (Å²) in [6, 6.07) is 9.76. The Bertz CT molecular complexity index is 301. The lowest BCUT2D eigenvalue weighted by molar-refractivity contribution is -0.113. The predicted molar refractivity (Wildman–Crippen MR) is 58.9 cm³/mol. The molecule has 0 bridgehead atoms. The van der Waals surface area contributed by atoms with Crippen LogP contribution in [0, 0.1) is 0 Å². The molecule has 1 atom stereocenters. The SMILES string of the molecule is CC(Br)C(=O)C=Cc1ccccc1. The number of allylic oxidation sites excluding steroid dienone is 1. The number of halogens is 1. The van der Waals surface area contributed by atoms with Gasteiger partial charge in [0.25, 0.3) is 0 Å². The summed E-state index contributed by atoms with van der Waals surface area (Å²) in [5.74, 6) is 0.0869. The third-order valence-electron chi connectivity index (χ3n) is 1.63. The minimum Gasteiger partial charge on any atom is -0.294 e. The number of ketones is 1. The summed E-state index contributed by atoms with van der Waals surface area (Å²) >= 11 is 3.21. The second-order valence-electron chi connectivity index (χ2n) is 2.76. The van der Waals surface area contributed by atoms with Crippen LogP contribution in [-0.4, -0.2) is 10.6 Å². The molecule has 2 heteroatoms. The van der Waals surface area contributed by atoms with Crippen LogP contribution in [0.25, 0.3) is 6.08 Å². The molecule has 1 nitrogen and oxygen atoms in total. The lowest BCUT2D eigenvalue weighted by atomic mass is 10.2. The minimum absolute atomic E-state index is 0.0869. The summed E-state index contributed by atoms with van der Waals surface area (Å²) in [6.45, 7) is 1.82. The van der Waals surface area contributed by atoms with Gasteiger partial charge in [-0.05, 0) is 18.6 Å². The highest BCUT2D eigenvalue weighted by Gasteiger charge is 2.02. The first kappa shape index (κ1) is 10.2. The van der Waals surface area contributed by atoms with Crippen LogP contribution in [0.5, 0.6) is 0 Å². The molecule has 0 aromatic heterocycles. The topological polar surface area (TPSA) is 17.1 Å². The van der Waals surface area contributed by atoms with Crippen molar-refractivity contribution in [3.05, 3.63) is 42.0 Å². The van der Waals surface area contributed by atoms with Gasteiger partial charge in [0.2, 0.25) is 0 Å². The van der Waals surface area contributed by atoms with E-state index in [0.29, 0.717) is 0 Å². The van der Waals surface area contributed by atoms with Crippen molar-refractivity contribution in [1.82, 2.24) is 0 Å². The van der Waals surface area contributed by atoms with E-state index in [-0.39, 0.29) is 10.6 Å². The van der Waals surface area contributed by atoms with E-state index in [1.165, 1.54) is 0 Å². The van der Waals surface area contributed by atoms with Gasteiger partial charge in [0.05, 0.1) is 4.83 Å². The van der Waals surface area contributed by atoms with Crippen molar-refractivity contribution in [3.8, 4) is 0 Å². The average Bonchev–Trinajstić information content (AvgIpc) is 2.15. The predicted octanol–water partition coefficient (Wildman–Crippen LogP) is 3.05. The van der Waals surface area contributed by atoms with E-state index >= 15 is 0 Å². The average molecular weight is 239 g/mol. The second-order valence-corrected chi connectivity index (χ2v) is 4.14. The fraction of sp³-hybridized carbons (Fsp3) is 0.182. The van der Waals surface area contributed by atoms with E-state index in [0.717, 1.165) is 5.56 Å². The van der Waals surface area contributed by atoms with Gasteiger partial charge in [-0.3, -0.25) is 4.79 Å². The third kappa shape index (κ3) is 3.55. The van der Waals surface area contributed by atoms with Crippen molar-refractivity contribution in [2.75, 3.05) is 0 Å². The van der Waals surface area contributed by atoms with Gasteiger partial charge < -0.3 is 0 Å². The van der Waals surface area contributed by atoms with Crippen LogP contribution in [0.1, 0.15) is 12.5 Å². The monoisotopic (exact) mass is 238 g/mol. The quantitative estimate of drug-likeness (QED) is 0.585. The van der Waals surface area contributed by atoms with Crippen molar-refractivity contribution < 1.29 is 4.79 Å². The van der Waals surface area contributed by atoms with Crippen LogP contribution in [0.2, 0.25) is 0 Å². The maximum atomic E-state index is 11.2. The van der Waals surface area contributed by atoms with Crippen LogP contribution in [0.3, 0.4) is 0 Å². The molecule has 1 rings (SSSR count). The number of rotatable bonds is 3. The fourth-order valence-corrected chi connectivity index (χ4v) is 1.03. The first-order chi connectivity index (χ1) is 6.20. The van der Waals surface area contributed by atoms with Crippen LogP contribution in [0.4, 0.5) is 0 Å². The van der Waals surface area contributed by atoms with E-state index in [9.17, 15) is 4.79 Å². The normalized spacial score (nSPS) is 13.1. The Balaban J connectivity index is 2.64. The summed E-state index contributed by atoms with van der Waals surface area (Å²) in [4.78, 5) is 11.1. The summed E-state index contributed by atoms with van der Waals surface area (Å²) in [7, 11) is 0. The molecule has 0 aliphatic heterocycles. The Morgan fingerprint density at radius 2 is 2.00 bits per heavy atom. The molecule has 0 amide bonds. The molecule has 1 unspecified atom stereocenters. The van der Waals surface area contributed by atoms with Gasteiger partial charge in [0, 0.05) is 0 Å². The lowest BCUT2D eigenvalue weighted by Crippen LogP contribution is -2.04. The molecule has 0 spiro atoms. The molecule has 1 aromatic rings. The van der Waals surface area contributed by atoms with Gasteiger partial charge in [-0.1, -0.05) is 52.3 Å². The van der Waals surface area contributed by atoms with Crippen LogP contribution < -0.4 is 0 Å². The van der Waals surface area contributed by atoms with Crippen LogP contribution in [0.15, 0.2) is 36.4 Å². The number of hydrogen-bond acceptors (Lipinski definition) is 1. The molecule has 0 aliphatic carbocycles. The number of carbonyl (C=O) groups excluding carboxylic acids is 1. The van der Waals surface area contributed by atoms with Crippen molar-refractivity contribution in [2.45, 2.75) is 11.8 Å². The number of benzene rings is 1. The van der Waals surface area contributed by atoms with Crippen LogP contribution in [-0.2, 0) is 4.79 Å². The van der Waals surface area contributed by atoms with E-state index in [2.05, 4.69) is 15.9 Å². The molecule has 0 saturated carbocycles. The number of carbonyl (C=O) groups is 1. The molecule has 0 saturated heterocycles. The molecular formula is C11H11BrO. The van der Waals surface area contributed by atoms with E-state index in [1.807, 2.05) is 43.3 Å². The van der Waals surface area contributed by atoms with Gasteiger partial charge in [0.15, 0.2) is 5.78 Å². The number of alkyl halides is 1. The Morgan fingerprint density at radius 3 is 2.54 bits per heavy atom. The Labute approximate surface area is 86.6 Å². The fourth-order valence-electron chi connectivity index (χ4n) is 0.875. The van der Waals surface area contributed by atoms with E-state index in [4.69, 9.17) is 0 Å². The molecule has 1 aromatic carbocycles. The largest absolute Gasteiger partial charge is 0.294 e. The number of hydrogen-bond donors (Lipinski definition) is 0. The molecular weight excluding hydrogens is 228 g/mol. The first-order valence-corrected chi connectivity index (χ1v) is 5.03. The van der Waals surface area contributed by atoms with Gasteiger partial charge >= 0.3 is 0 Å². The minimum atomic E-state index is -0.104. The standard InChI is InChI=1S/C11H11BrO/c1-9(12)11(13)8-7-10-5-3-2-4-6-10/h2-9H,1H3. The van der Waals surface area contributed by atoms with Crippen molar-refractivity contribution in [3.63, 3.8) is 0 Å². The van der Waals surface area contributed by atoms with Gasteiger partial charge in [-0.25, -0.2) is 0 Å². The van der Waals surface area contributed by atoms with Gasteiger partial charge in [-0.15, -0.1) is 0 Å². The highest BCUT2D eigenvalue weighted by atomic mass is 79.9. The maximum Gasteiger partial charge on any atom is 0.169 e. The first-order valence-electron chi connectivity index (χ1n) is 4.11. The molecule has 0 aliphatic rings. The summed E-state index contributed by atoms with van der Waals surface area (Å²) < 4.78 is 0. The zero-order chi connectivity index (χ0) is 9.68. The van der Waals surface area contributed by atoms with Crippen molar-refractivity contribution >= 4 is 27.8 Å². The third-order valence-corrected chi connectivity index (χ3v) is 2.08. The van der Waals surface area contributed by atoms with E-state index < -0.39 is 0 Å². The lowest BCUT2D eigenvalue weighted by Gasteiger charge is -1.94. The maximum absolute atomic E-state index is 11.2. The zero-order valence-corrected chi connectivity index (χ0v) is 8.99. The summed E-state index contributed by atoms with van der Waals surface area (Å²) in [5, 5.41) is 0. The summed E-state index contributed by atoms with van der Waals surface area (Å²) in [6.07, 6.45) is 3.41. The Morgan fingerprint density at radius 1 is 1.38 bits per heavy atom. The van der Waals surface area contributed by atoms with Crippen molar-refractivity contribution in [1.29, 1.82) is 0 Å². The smallest absolute Gasteiger partial charge is 0.169 e. The molecule has 0 fully saturated rings. The Hall–Kier alpha value is -0.890. The summed E-state index contributed by atoms with van der Waals surface area (Å²) in [5.41, 5.74) is 1.05. The van der Waals surface area contributed by atoms with Crippen molar-refractivity contribution in [2.24, 2.45) is 0 Å². The molecule has 0 N–H and O–H groups in total. The molecule has 0 radical (unpaired) electrons. The highest BCUT2D eigenvalue weighted by Crippen LogP contribution is 2.04.